The molecule has 0 atom stereocenters. The monoisotopic (exact) mass is 2070 g/mol. The summed E-state index contributed by atoms with van der Waals surface area (Å²) in [6, 6.07) is 42.4. The van der Waals surface area contributed by atoms with Crippen molar-refractivity contribution in [1.82, 2.24) is 50.7 Å². The predicted molar refractivity (Wildman–Crippen MR) is 492 cm³/mol. The van der Waals surface area contributed by atoms with E-state index >= 15 is 0 Å². The number of ether oxygens (including phenoxy) is 6. The lowest BCUT2D eigenvalue weighted by Crippen LogP contribution is -2.38. The molecule has 8 heterocycles. The molecule has 5 fully saturated rings. The molecule has 0 amide bonds. The Bertz CT molecular complexity index is 5080. The number of aliphatic hydroxyl groups is 2. The minimum absolute atomic E-state index is 0.0266. The van der Waals surface area contributed by atoms with E-state index in [1.54, 1.807) is 56.2 Å². The number of rotatable bonds is 20. The number of hydrogen-bond acceptors (Lipinski definition) is 23. The Kier molecular flexibility index (Phi) is 40.6. The van der Waals surface area contributed by atoms with Crippen LogP contribution < -0.4 is 48.6 Å². The Morgan fingerprint density at radius 1 is 0.449 bits per heavy atom. The number of carboxylic acid groups (broad SMARTS) is 3. The first-order chi connectivity index (χ1) is 60.6. The van der Waals surface area contributed by atoms with E-state index in [-0.39, 0.29) is 66.0 Å². The van der Waals surface area contributed by atoms with Crippen LogP contribution >= 0.6 is 139 Å². The number of anilines is 4. The van der Waals surface area contributed by atoms with Crippen LogP contribution in [-0.2, 0) is 22.6 Å². The number of H-pyrrole nitrogens is 1. The van der Waals surface area contributed by atoms with Gasteiger partial charge in [0.15, 0.2) is 0 Å². The van der Waals surface area contributed by atoms with Gasteiger partial charge in [0, 0.05) is 167 Å². The van der Waals surface area contributed by atoms with Gasteiger partial charge in [-0.15, -0.1) is 10.2 Å². The molecule has 0 bridgehead atoms. The molecule has 10 aromatic rings. The first kappa shape index (κ1) is 102. The van der Waals surface area contributed by atoms with Gasteiger partial charge in [-0.25, -0.2) is 33.6 Å². The first-order valence-corrected chi connectivity index (χ1v) is 44.5. The molecule has 5 aliphatic rings. The van der Waals surface area contributed by atoms with E-state index in [9.17, 15) is 37.8 Å². The standard InChI is InChI=1S/C24H26Cl2N4O4.C22H22Cl2N4O4.C14H14Cl2N4O3.C11H13Cl2NO.C6H3Cl2I.C5H11NO.C2HF3O2/c1-3-33-24(31)22-23(30(28-27-22)15-16-4-6-20(32-2)7-5-16)34-21-8-10-29(11-9-21)19-13-17(25)12-18(26)14-19;1-31-18-4-2-14(3-5-18)13-28-21(20(22(29)30)25-26-28)32-19-6-8-27(9-7-19)17-11-15(23)10-16(24)12-17;15-8-5-9(16)7-10(6-8)20-3-1-11(2-4-20)23-13-12(14(21)22)17-19-18-13;12-8-5-9(13)7-10(6-8)14-3-1-11(15)2-4-14;7-4-1-5(8)3-6(9)2-4;7-5-1-3-6-4-2-5;3-2(4,5)1(6)7/h4-7,12-14,21H,3,8-11,15H2,1-2H3;2-5,10-12,19H,6-9,13H2,1H3,(H,29,30);5-7,11H,1-4H2,(H,21,22)(H,17,18,19);5-7,11,15H,1-4H2;1-3H;5-7H,1-4H2;(H,6,7). The van der Waals surface area contributed by atoms with Crippen LogP contribution in [0.1, 0.15) is 114 Å². The van der Waals surface area contributed by atoms with Gasteiger partial charge in [-0.3, -0.25) is 0 Å². The SMILES string of the molecule is CCOC(=O)c1nnn(Cc2ccc(OC)cc2)c1OC1CCN(c2cc(Cl)cc(Cl)c2)CC1.COc1ccc(Cn2nnc(C(=O)O)c2OC2CCN(c3cc(Cl)cc(Cl)c3)CC2)cc1.Clc1cc(Cl)cc(I)c1.O=C(O)C(F)(F)F.O=C(O)c1[nH]nnc1OC1CCN(c2cc(Cl)cc(Cl)c2)CC1.OC1CCN(c2cc(Cl)cc(Cl)c2)CC1.OC1CCNCC1. The molecule has 15 rings (SSSR count). The topological polar surface area (TPSA) is 353 Å². The van der Waals surface area contributed by atoms with E-state index in [1.165, 1.54) is 4.68 Å². The van der Waals surface area contributed by atoms with Crippen LogP contribution in [0.15, 0.2) is 140 Å². The average molecular weight is 2070 g/mol. The summed E-state index contributed by atoms with van der Waals surface area (Å²) in [6.45, 7) is 10.9. The highest BCUT2D eigenvalue weighted by molar-refractivity contribution is 14.1. The number of aromatic nitrogens is 9. The molecule has 0 spiro atoms. The highest BCUT2D eigenvalue weighted by atomic mass is 127. The van der Waals surface area contributed by atoms with E-state index in [2.05, 4.69) is 83.5 Å². The van der Waals surface area contributed by atoms with Gasteiger partial charge in [0.05, 0.1) is 46.1 Å². The Morgan fingerprint density at radius 2 is 0.764 bits per heavy atom. The lowest BCUT2D eigenvalue weighted by atomic mass is 10.1. The molecule has 3 aromatic heterocycles. The lowest BCUT2D eigenvalue weighted by Gasteiger charge is -2.33. The normalized spacial score (nSPS) is 15.1. The number of alkyl halides is 3. The van der Waals surface area contributed by atoms with Crippen LogP contribution in [0.5, 0.6) is 29.1 Å². The Hall–Kier alpha value is -8.66. The molecule has 0 aliphatic carbocycles. The van der Waals surface area contributed by atoms with Gasteiger partial charge >= 0.3 is 30.1 Å². The Balaban J connectivity index is 0.000000180. The number of aliphatic carboxylic acids is 1. The van der Waals surface area contributed by atoms with Gasteiger partial charge in [0.1, 0.15) is 29.8 Å². The van der Waals surface area contributed by atoms with Crippen LogP contribution in [0.2, 0.25) is 50.2 Å². The second-order valence-electron chi connectivity index (χ2n) is 28.8. The number of benzene rings is 7. The molecule has 0 unspecified atom stereocenters. The fourth-order valence-corrected chi connectivity index (χ4v) is 16.9. The zero-order valence-corrected chi connectivity index (χ0v) is 78.1. The van der Waals surface area contributed by atoms with Gasteiger partial charge in [-0.2, -0.15) is 13.2 Å². The third-order valence-electron chi connectivity index (χ3n) is 19.6. The molecular formula is C84H90Cl10F3IN14O15. The van der Waals surface area contributed by atoms with Crippen molar-refractivity contribution in [2.24, 2.45) is 0 Å². The van der Waals surface area contributed by atoms with Crippen LogP contribution in [0.25, 0.3) is 0 Å². The summed E-state index contributed by atoms with van der Waals surface area (Å²) < 4.78 is 69.5. The van der Waals surface area contributed by atoms with Crippen LogP contribution in [0.3, 0.4) is 0 Å². The minimum atomic E-state index is -5.08. The van der Waals surface area contributed by atoms with Gasteiger partial charge < -0.3 is 78.9 Å². The number of methoxy groups -OCH3 is 2. The number of carbonyl (C=O) groups excluding carboxylic acids is 1. The summed E-state index contributed by atoms with van der Waals surface area (Å²) in [7, 11) is 3.22. The van der Waals surface area contributed by atoms with Crippen molar-refractivity contribution in [1.29, 1.82) is 0 Å². The summed E-state index contributed by atoms with van der Waals surface area (Å²) in [4.78, 5) is 52.8. The third kappa shape index (κ3) is 33.4. The number of carbonyl (C=O) groups is 4. The summed E-state index contributed by atoms with van der Waals surface area (Å²) >= 11 is 62.0. The summed E-state index contributed by atoms with van der Waals surface area (Å²) in [5, 5.41) is 78.9. The quantitative estimate of drug-likeness (QED) is 0.0275. The second-order valence-corrected chi connectivity index (χ2v) is 34.4. The molecular weight excluding hydrogens is 1980 g/mol. The number of aliphatic hydroxyl groups excluding tert-OH is 2. The molecule has 29 nitrogen and oxygen atoms in total. The fraction of sp³-hybridized carbons (Fsp3) is 0.381. The number of halogens is 14. The molecule has 43 heteroatoms. The molecule has 684 valence electrons. The van der Waals surface area contributed by atoms with Crippen molar-refractivity contribution < 1.29 is 86.3 Å². The highest BCUT2D eigenvalue weighted by Gasteiger charge is 2.38. The first-order valence-electron chi connectivity index (χ1n) is 39.6. The molecule has 5 saturated heterocycles. The van der Waals surface area contributed by atoms with Crippen molar-refractivity contribution in [2.75, 3.05) is 106 Å². The number of esters is 1. The Labute approximate surface area is 793 Å². The second kappa shape index (κ2) is 50.5. The van der Waals surface area contributed by atoms with Crippen LogP contribution in [-0.4, -0.2) is 218 Å². The molecule has 7 N–H and O–H groups in total. The predicted octanol–water partition coefficient (Wildman–Crippen LogP) is 19.0. The van der Waals surface area contributed by atoms with E-state index in [0.29, 0.717) is 82.0 Å². The van der Waals surface area contributed by atoms with Gasteiger partial charge in [-0.1, -0.05) is 161 Å². The summed E-state index contributed by atoms with van der Waals surface area (Å²) in [6.07, 6.45) is 2.22. The van der Waals surface area contributed by atoms with Crippen molar-refractivity contribution in [3.05, 3.63) is 222 Å². The van der Waals surface area contributed by atoms with E-state index in [4.69, 9.17) is 165 Å². The van der Waals surface area contributed by atoms with Crippen LogP contribution in [0, 0.1) is 3.57 Å². The van der Waals surface area contributed by atoms with E-state index < -0.39 is 30.1 Å². The number of aromatic amines is 1. The molecule has 0 saturated carbocycles. The van der Waals surface area contributed by atoms with E-state index in [0.717, 1.165) is 166 Å². The van der Waals surface area contributed by atoms with Crippen molar-refractivity contribution in [3.63, 3.8) is 0 Å². The Morgan fingerprint density at radius 3 is 1.06 bits per heavy atom. The average Bonchev–Trinajstić information content (AvgIpc) is 1.75. The smallest absolute Gasteiger partial charge is 0.490 e. The van der Waals surface area contributed by atoms with Crippen LogP contribution in [0.4, 0.5) is 35.9 Å². The number of piperidine rings is 5. The number of carboxylic acids is 3. The maximum Gasteiger partial charge on any atom is 0.490 e. The third-order valence-corrected chi connectivity index (χ3v) is 22.4. The van der Waals surface area contributed by atoms with Gasteiger partial charge in [0.2, 0.25) is 28.8 Å². The van der Waals surface area contributed by atoms with Crippen molar-refractivity contribution in [2.45, 2.75) is 121 Å². The zero-order chi connectivity index (χ0) is 92.0. The van der Waals surface area contributed by atoms with Crippen molar-refractivity contribution in [3.8, 4) is 29.1 Å². The maximum atomic E-state index is 12.5. The molecule has 7 aromatic carbocycles. The molecule has 0 radical (unpaired) electrons. The fourth-order valence-electron chi connectivity index (χ4n) is 13.3. The van der Waals surface area contributed by atoms with E-state index in [1.807, 2.05) is 109 Å². The molecule has 127 heavy (non-hydrogen) atoms. The summed E-state index contributed by atoms with van der Waals surface area (Å²) in [5.74, 6) is -3.61. The lowest BCUT2D eigenvalue weighted by molar-refractivity contribution is -0.192. The van der Waals surface area contributed by atoms with Gasteiger partial charge in [0.25, 0.3) is 5.88 Å². The minimum Gasteiger partial charge on any atom is -0.497 e. The largest absolute Gasteiger partial charge is 0.497 e. The highest BCUT2D eigenvalue weighted by Crippen LogP contribution is 2.36. The zero-order valence-electron chi connectivity index (χ0n) is 68.4. The number of aromatic carboxylic acids is 2. The van der Waals surface area contributed by atoms with Gasteiger partial charge in [-0.05, 0) is 195 Å². The number of nitrogens with zero attached hydrogens (tertiary/aromatic N) is 12. The maximum absolute atomic E-state index is 12.5. The summed E-state index contributed by atoms with van der Waals surface area (Å²) in [5.41, 5.74) is 5.60. The van der Waals surface area contributed by atoms with Crippen molar-refractivity contribution >= 4 is 185 Å². The molecule has 5 aliphatic heterocycles. The number of hydrogen-bond donors (Lipinski definition) is 7. The number of nitrogens with one attached hydrogen (secondary N) is 2.